The largest absolute Gasteiger partial charge is 0.379 e. The van der Waals surface area contributed by atoms with Gasteiger partial charge in [-0.2, -0.15) is 0 Å². The van der Waals surface area contributed by atoms with Crippen LogP contribution in [0.2, 0.25) is 0 Å². The van der Waals surface area contributed by atoms with Gasteiger partial charge in [-0.15, -0.1) is 0 Å². The second-order valence-electron chi connectivity index (χ2n) is 2.23. The number of carbonyl (C=O) groups excluding carboxylic acids is 1. The Bertz CT molecular complexity index is 254. The van der Waals surface area contributed by atoms with Gasteiger partial charge in [-0.25, -0.2) is 9.74 Å². The fraction of sp³-hybridized carbons (Fsp3) is 0.300. The second kappa shape index (κ2) is 6.17. The summed E-state index contributed by atoms with van der Waals surface area (Å²) in [6.45, 7) is 5.88. The average Bonchev–Trinajstić information content (AvgIpc) is 2.21. The van der Waals surface area contributed by atoms with E-state index in [-0.39, 0.29) is 5.56 Å². The average molecular weight is 184 g/mol. The fourth-order valence-electron chi connectivity index (χ4n) is 0.734. The van der Waals surface area contributed by atoms with Gasteiger partial charge < -0.3 is 0 Å². The van der Waals surface area contributed by atoms with Gasteiger partial charge in [0.15, 0.2) is 0 Å². The first-order valence-corrected chi connectivity index (χ1v) is 4.13. The number of hydrogen-bond acceptors (Lipinski definition) is 2. The highest BCUT2D eigenvalue weighted by atomic mass is 19.3. The maximum atomic E-state index is 11.3. The van der Waals surface area contributed by atoms with Crippen LogP contribution in [0.15, 0.2) is 24.3 Å². The van der Waals surface area contributed by atoms with Crippen molar-refractivity contribution < 1.29 is 14.3 Å². The molecule has 1 aromatic carbocycles. The van der Waals surface area contributed by atoms with Crippen LogP contribution in [0.25, 0.3) is 0 Å². The summed E-state index contributed by atoms with van der Waals surface area (Å²) in [5.41, 5.74) is 1.23. The topological polar surface area (TPSA) is 26.3 Å². The van der Waals surface area contributed by atoms with Crippen molar-refractivity contribution in [2.75, 3.05) is 0 Å². The first kappa shape index (κ1) is 11.6. The van der Waals surface area contributed by atoms with Crippen molar-refractivity contribution in [3.63, 3.8) is 0 Å². The molecule has 3 heteroatoms. The van der Waals surface area contributed by atoms with Gasteiger partial charge in [-0.1, -0.05) is 31.5 Å². The molecule has 0 bridgehead atoms. The van der Waals surface area contributed by atoms with Gasteiger partial charge in [-0.3, -0.25) is 0 Å². The minimum absolute atomic E-state index is 0.220. The van der Waals surface area contributed by atoms with E-state index in [9.17, 15) is 9.32 Å². The van der Waals surface area contributed by atoms with E-state index in [4.69, 9.17) is 0 Å². The van der Waals surface area contributed by atoms with E-state index in [2.05, 4.69) is 4.94 Å². The van der Waals surface area contributed by atoms with Gasteiger partial charge in [0, 0.05) is 4.53 Å². The fourth-order valence-corrected chi connectivity index (χ4v) is 0.734. The van der Waals surface area contributed by atoms with Crippen LogP contribution in [0, 0.1) is 6.92 Å². The normalized spacial score (nSPS) is 8.31. The Morgan fingerprint density at radius 2 is 1.69 bits per heavy atom. The summed E-state index contributed by atoms with van der Waals surface area (Å²) >= 11 is 0. The molecule has 0 aliphatic heterocycles. The molecule has 0 fully saturated rings. The lowest BCUT2D eigenvalue weighted by molar-refractivity contribution is -0.0788. The van der Waals surface area contributed by atoms with Crippen molar-refractivity contribution in [1.82, 2.24) is 0 Å². The summed E-state index contributed by atoms with van der Waals surface area (Å²) < 4.78 is 11.3. The monoisotopic (exact) mass is 184 g/mol. The minimum Gasteiger partial charge on any atom is -0.249 e. The zero-order valence-electron chi connectivity index (χ0n) is 8.00. The van der Waals surface area contributed by atoms with Crippen molar-refractivity contribution >= 4 is 5.97 Å². The third-order valence-corrected chi connectivity index (χ3v) is 1.36. The Labute approximate surface area is 77.2 Å². The van der Waals surface area contributed by atoms with Crippen LogP contribution in [-0.4, -0.2) is 5.97 Å². The van der Waals surface area contributed by atoms with Crippen molar-refractivity contribution in [1.29, 1.82) is 0 Å². The van der Waals surface area contributed by atoms with E-state index in [1.807, 2.05) is 20.8 Å². The summed E-state index contributed by atoms with van der Waals surface area (Å²) in [5, 5.41) is 0. The molecule has 0 heterocycles. The Morgan fingerprint density at radius 3 is 2.08 bits per heavy atom. The molecule has 0 N–H and O–H groups in total. The molecule has 13 heavy (non-hydrogen) atoms. The first-order chi connectivity index (χ1) is 6.24. The SMILES string of the molecule is CC.Cc1ccc(C(=O)OF)cc1. The van der Waals surface area contributed by atoms with E-state index in [0.717, 1.165) is 5.56 Å². The smallest absolute Gasteiger partial charge is 0.249 e. The molecule has 0 unspecified atom stereocenters. The standard InChI is InChI=1S/C8H7FO2.C2H6/c1-6-2-4-7(5-3-6)8(10)11-9;1-2/h2-5H,1H3;1-2H3. The Morgan fingerprint density at radius 1 is 1.23 bits per heavy atom. The third kappa shape index (κ3) is 3.69. The Hall–Kier alpha value is -1.38. The summed E-state index contributed by atoms with van der Waals surface area (Å²) in [7, 11) is 0. The van der Waals surface area contributed by atoms with Crippen LogP contribution in [0.3, 0.4) is 0 Å². The van der Waals surface area contributed by atoms with Gasteiger partial charge in [0.05, 0.1) is 5.56 Å². The van der Waals surface area contributed by atoms with Gasteiger partial charge in [0.25, 0.3) is 0 Å². The number of hydrogen-bond donors (Lipinski definition) is 0. The Kier molecular flexibility index (Phi) is 5.52. The van der Waals surface area contributed by atoms with Crippen molar-refractivity contribution in [3.8, 4) is 0 Å². The maximum absolute atomic E-state index is 11.3. The van der Waals surface area contributed by atoms with Crippen molar-refractivity contribution in [3.05, 3.63) is 35.4 Å². The molecular weight excluding hydrogens is 171 g/mol. The van der Waals surface area contributed by atoms with Crippen molar-refractivity contribution in [2.24, 2.45) is 0 Å². The van der Waals surface area contributed by atoms with E-state index in [1.54, 1.807) is 12.1 Å². The predicted molar refractivity (Wildman–Crippen MR) is 49.1 cm³/mol. The van der Waals surface area contributed by atoms with Crippen LogP contribution in [0.1, 0.15) is 29.8 Å². The lowest BCUT2D eigenvalue weighted by Gasteiger charge is -1.94. The molecule has 0 spiro atoms. The molecule has 0 saturated heterocycles. The summed E-state index contributed by atoms with van der Waals surface area (Å²) in [4.78, 5) is 13.6. The van der Waals surface area contributed by atoms with Gasteiger partial charge >= 0.3 is 5.97 Å². The molecule has 1 aromatic rings. The minimum atomic E-state index is -0.954. The number of aryl methyl sites for hydroxylation is 1. The molecule has 0 aromatic heterocycles. The number of benzene rings is 1. The molecule has 0 atom stereocenters. The zero-order chi connectivity index (χ0) is 10.3. The maximum Gasteiger partial charge on any atom is 0.379 e. The zero-order valence-corrected chi connectivity index (χ0v) is 8.00. The van der Waals surface area contributed by atoms with Crippen LogP contribution < -0.4 is 0 Å². The van der Waals surface area contributed by atoms with Crippen LogP contribution in [-0.2, 0) is 4.94 Å². The van der Waals surface area contributed by atoms with Gasteiger partial charge in [-0.05, 0) is 19.1 Å². The first-order valence-electron chi connectivity index (χ1n) is 4.13. The van der Waals surface area contributed by atoms with Crippen LogP contribution >= 0.6 is 0 Å². The van der Waals surface area contributed by atoms with E-state index >= 15 is 0 Å². The lowest BCUT2D eigenvalue weighted by Crippen LogP contribution is -1.97. The molecule has 0 aliphatic carbocycles. The molecular formula is C10H13FO2. The molecule has 0 amide bonds. The van der Waals surface area contributed by atoms with Gasteiger partial charge in [0.2, 0.25) is 0 Å². The molecule has 0 radical (unpaired) electrons. The number of halogens is 1. The summed E-state index contributed by atoms with van der Waals surface area (Å²) in [5.74, 6) is -0.954. The predicted octanol–water partition coefficient (Wildman–Crippen LogP) is 3.06. The van der Waals surface area contributed by atoms with Crippen LogP contribution in [0.4, 0.5) is 4.53 Å². The van der Waals surface area contributed by atoms with E-state index in [1.165, 1.54) is 12.1 Å². The van der Waals surface area contributed by atoms with Crippen molar-refractivity contribution in [2.45, 2.75) is 20.8 Å². The quantitative estimate of drug-likeness (QED) is 0.670. The molecule has 72 valence electrons. The molecule has 0 aliphatic rings. The Balaban J connectivity index is 0.000000671. The highest BCUT2D eigenvalue weighted by Crippen LogP contribution is 2.04. The highest BCUT2D eigenvalue weighted by molar-refractivity contribution is 5.88. The summed E-state index contributed by atoms with van der Waals surface area (Å²) in [6.07, 6.45) is 0. The highest BCUT2D eigenvalue weighted by Gasteiger charge is 2.05. The number of carbonyl (C=O) groups is 1. The molecule has 0 saturated carbocycles. The van der Waals surface area contributed by atoms with E-state index < -0.39 is 5.97 Å². The second-order valence-corrected chi connectivity index (χ2v) is 2.23. The number of rotatable bonds is 1. The third-order valence-electron chi connectivity index (χ3n) is 1.36. The molecule has 1 rings (SSSR count). The van der Waals surface area contributed by atoms with E-state index in [0.29, 0.717) is 0 Å². The summed E-state index contributed by atoms with van der Waals surface area (Å²) in [6, 6.07) is 6.45. The van der Waals surface area contributed by atoms with Crippen LogP contribution in [0.5, 0.6) is 0 Å². The molecule has 2 nitrogen and oxygen atoms in total. The lowest BCUT2D eigenvalue weighted by atomic mass is 10.2. The van der Waals surface area contributed by atoms with Gasteiger partial charge in [0.1, 0.15) is 0 Å².